The SMILES string of the molecule is CC(C)OC(=O)NN(P)C(=O)OC(C)C. The van der Waals surface area contributed by atoms with E-state index < -0.39 is 12.2 Å². The molecular formula is C8H17N2O4P. The van der Waals surface area contributed by atoms with Gasteiger partial charge < -0.3 is 9.47 Å². The predicted molar refractivity (Wildman–Crippen MR) is 57.9 cm³/mol. The molecule has 1 atom stereocenters. The Balaban J connectivity index is 3.96. The third-order valence-electron chi connectivity index (χ3n) is 1.09. The molecule has 0 saturated carbocycles. The summed E-state index contributed by atoms with van der Waals surface area (Å²) in [5.41, 5.74) is 2.18. The highest BCUT2D eigenvalue weighted by Crippen LogP contribution is 2.01. The van der Waals surface area contributed by atoms with E-state index in [-0.39, 0.29) is 12.2 Å². The zero-order valence-corrected chi connectivity index (χ0v) is 10.5. The molecule has 0 aromatic heterocycles. The Morgan fingerprint density at radius 3 is 2.00 bits per heavy atom. The second-order valence-corrected chi connectivity index (χ2v) is 3.88. The van der Waals surface area contributed by atoms with Gasteiger partial charge in [-0.1, -0.05) is 0 Å². The quantitative estimate of drug-likeness (QED) is 0.585. The van der Waals surface area contributed by atoms with Crippen LogP contribution in [0.25, 0.3) is 0 Å². The van der Waals surface area contributed by atoms with Crippen molar-refractivity contribution < 1.29 is 19.1 Å². The van der Waals surface area contributed by atoms with Gasteiger partial charge in [0, 0.05) is 0 Å². The van der Waals surface area contributed by atoms with Crippen LogP contribution in [-0.2, 0) is 9.47 Å². The van der Waals surface area contributed by atoms with Crippen LogP contribution in [0.1, 0.15) is 27.7 Å². The Morgan fingerprint density at radius 1 is 1.13 bits per heavy atom. The van der Waals surface area contributed by atoms with Gasteiger partial charge in [-0.2, -0.15) is 0 Å². The summed E-state index contributed by atoms with van der Waals surface area (Å²) in [6.45, 7) is 6.84. The number of nitrogens with one attached hydrogen (secondary N) is 1. The predicted octanol–water partition coefficient (Wildman–Crippen LogP) is 1.67. The molecule has 0 fully saturated rings. The molecule has 0 radical (unpaired) electrons. The van der Waals surface area contributed by atoms with Gasteiger partial charge in [-0.3, -0.25) is 0 Å². The Kier molecular flexibility index (Phi) is 6.01. The summed E-state index contributed by atoms with van der Waals surface area (Å²) < 4.78 is 10.4. The molecule has 1 unspecified atom stereocenters. The highest BCUT2D eigenvalue weighted by atomic mass is 31.0. The molecule has 7 heteroatoms. The molecule has 0 heterocycles. The fraction of sp³-hybridized carbons (Fsp3) is 0.750. The van der Waals surface area contributed by atoms with Crippen molar-refractivity contribution in [2.75, 3.05) is 0 Å². The van der Waals surface area contributed by atoms with Crippen LogP contribution in [0.15, 0.2) is 0 Å². The van der Waals surface area contributed by atoms with Crippen molar-refractivity contribution in [3.63, 3.8) is 0 Å². The average molecular weight is 236 g/mol. The van der Waals surface area contributed by atoms with Crippen LogP contribution in [0.2, 0.25) is 0 Å². The maximum atomic E-state index is 11.2. The van der Waals surface area contributed by atoms with Crippen LogP contribution in [0.5, 0.6) is 0 Å². The van der Waals surface area contributed by atoms with Gasteiger partial charge in [-0.25, -0.2) is 19.8 Å². The summed E-state index contributed by atoms with van der Waals surface area (Å²) in [4.78, 5) is 22.2. The van der Waals surface area contributed by atoms with Crippen LogP contribution in [0.3, 0.4) is 0 Å². The van der Waals surface area contributed by atoms with Crippen LogP contribution in [0, 0.1) is 0 Å². The van der Waals surface area contributed by atoms with Gasteiger partial charge in [-0.15, -0.1) is 0 Å². The van der Waals surface area contributed by atoms with E-state index in [4.69, 9.17) is 9.47 Å². The highest BCUT2D eigenvalue weighted by molar-refractivity contribution is 7.14. The van der Waals surface area contributed by atoms with Gasteiger partial charge >= 0.3 is 12.2 Å². The minimum absolute atomic E-state index is 0.246. The molecule has 2 amide bonds. The first-order valence-electron chi connectivity index (χ1n) is 4.55. The van der Waals surface area contributed by atoms with Crippen LogP contribution < -0.4 is 5.43 Å². The molecular weight excluding hydrogens is 219 g/mol. The number of amides is 2. The van der Waals surface area contributed by atoms with Gasteiger partial charge in [0.2, 0.25) is 0 Å². The molecule has 0 aliphatic heterocycles. The molecule has 0 aromatic rings. The molecule has 0 aliphatic rings. The molecule has 0 aliphatic carbocycles. The smallest absolute Gasteiger partial charge is 0.431 e. The molecule has 6 nitrogen and oxygen atoms in total. The fourth-order valence-corrected chi connectivity index (χ4v) is 0.809. The molecule has 1 N–H and O–H groups in total. The molecule has 0 rings (SSSR count). The van der Waals surface area contributed by atoms with Crippen molar-refractivity contribution in [2.45, 2.75) is 39.9 Å². The summed E-state index contributed by atoms with van der Waals surface area (Å²) in [6, 6.07) is 0. The van der Waals surface area contributed by atoms with Crippen molar-refractivity contribution in [3.05, 3.63) is 0 Å². The van der Waals surface area contributed by atoms with E-state index in [9.17, 15) is 9.59 Å². The van der Waals surface area contributed by atoms with Crippen molar-refractivity contribution in [2.24, 2.45) is 0 Å². The van der Waals surface area contributed by atoms with Gasteiger partial charge in [0.1, 0.15) is 0 Å². The number of rotatable bonds is 2. The summed E-state index contributed by atoms with van der Waals surface area (Å²) in [5.74, 6) is 0. The maximum Gasteiger partial charge on any atom is 0.431 e. The third kappa shape index (κ3) is 6.96. The largest absolute Gasteiger partial charge is 0.446 e. The van der Waals surface area contributed by atoms with Crippen LogP contribution in [-0.4, -0.2) is 29.2 Å². The lowest BCUT2D eigenvalue weighted by molar-refractivity contribution is 0.0740. The zero-order valence-electron chi connectivity index (χ0n) is 9.31. The number of carbonyl (C=O) groups excluding carboxylic acids is 2. The first kappa shape index (κ1) is 14.0. The fourth-order valence-electron chi connectivity index (χ4n) is 0.643. The van der Waals surface area contributed by atoms with E-state index >= 15 is 0 Å². The number of hydrogen-bond acceptors (Lipinski definition) is 4. The van der Waals surface area contributed by atoms with Crippen LogP contribution in [0.4, 0.5) is 9.59 Å². The van der Waals surface area contributed by atoms with E-state index in [1.165, 1.54) is 0 Å². The van der Waals surface area contributed by atoms with E-state index in [1.54, 1.807) is 27.7 Å². The van der Waals surface area contributed by atoms with Gasteiger partial charge in [0.25, 0.3) is 0 Å². The third-order valence-corrected chi connectivity index (χ3v) is 1.43. The normalized spacial score (nSPS) is 10.1. The lowest BCUT2D eigenvalue weighted by atomic mass is 10.5. The Morgan fingerprint density at radius 2 is 1.60 bits per heavy atom. The number of nitrogens with zero attached hydrogens (tertiary/aromatic N) is 1. The first-order chi connectivity index (χ1) is 6.82. The monoisotopic (exact) mass is 236 g/mol. The Labute approximate surface area is 91.5 Å². The maximum absolute atomic E-state index is 11.2. The topological polar surface area (TPSA) is 67.9 Å². The molecule has 88 valence electrons. The summed E-state index contributed by atoms with van der Waals surface area (Å²) in [7, 11) is 2.02. The van der Waals surface area contributed by atoms with E-state index in [0.29, 0.717) is 0 Å². The second-order valence-electron chi connectivity index (χ2n) is 3.37. The Bertz CT molecular complexity index is 233. The minimum atomic E-state index is -0.708. The first-order valence-corrected chi connectivity index (χ1v) is 5.07. The summed E-state index contributed by atoms with van der Waals surface area (Å²) in [5, 5.41) is 0. The van der Waals surface area contributed by atoms with Crippen molar-refractivity contribution >= 4 is 21.6 Å². The average Bonchev–Trinajstić information content (AvgIpc) is 2.00. The number of hydrogen-bond donors (Lipinski definition) is 1. The lowest BCUT2D eigenvalue weighted by Gasteiger charge is -2.19. The number of carbonyl (C=O) groups is 2. The van der Waals surface area contributed by atoms with E-state index in [2.05, 4.69) is 5.43 Å². The number of hydrazine groups is 1. The molecule has 0 saturated heterocycles. The van der Waals surface area contributed by atoms with Crippen molar-refractivity contribution in [1.29, 1.82) is 0 Å². The van der Waals surface area contributed by atoms with Gasteiger partial charge in [-0.05, 0) is 37.1 Å². The van der Waals surface area contributed by atoms with Crippen molar-refractivity contribution in [1.82, 2.24) is 10.2 Å². The molecule has 15 heavy (non-hydrogen) atoms. The molecule has 0 spiro atoms. The second kappa shape index (κ2) is 6.45. The van der Waals surface area contributed by atoms with Crippen LogP contribution >= 0.6 is 9.39 Å². The molecule has 0 aromatic carbocycles. The van der Waals surface area contributed by atoms with E-state index in [1.807, 2.05) is 9.39 Å². The minimum Gasteiger partial charge on any atom is -0.446 e. The zero-order chi connectivity index (χ0) is 12.0. The number of ether oxygens (including phenoxy) is 2. The van der Waals surface area contributed by atoms with Gasteiger partial charge in [0.05, 0.1) is 12.2 Å². The highest BCUT2D eigenvalue weighted by Gasteiger charge is 2.15. The lowest BCUT2D eigenvalue weighted by Crippen LogP contribution is -2.41. The summed E-state index contributed by atoms with van der Waals surface area (Å²) in [6.07, 6.45) is -1.87. The standard InChI is InChI=1S/C8H17N2O4P/c1-5(2)13-7(11)9-10(15)8(12)14-6(3)4/h5-6H,15H2,1-4H3,(H,9,11). The Hall–Kier alpha value is -1.03. The van der Waals surface area contributed by atoms with Gasteiger partial charge in [0.15, 0.2) is 0 Å². The van der Waals surface area contributed by atoms with Crippen molar-refractivity contribution in [3.8, 4) is 0 Å². The summed E-state index contributed by atoms with van der Waals surface area (Å²) >= 11 is 0. The molecule has 0 bridgehead atoms. The van der Waals surface area contributed by atoms with E-state index in [0.717, 1.165) is 4.78 Å².